The monoisotopic (exact) mass is 303 g/mol. The fourth-order valence-corrected chi connectivity index (χ4v) is 2.13. The number of carbonyl (C=O) groups excluding carboxylic acids is 1. The van der Waals surface area contributed by atoms with Crippen LogP contribution in [0.4, 0.5) is 10.1 Å². The Morgan fingerprint density at radius 2 is 2.25 bits per heavy atom. The average Bonchev–Trinajstić information content (AvgIpc) is 2.37. The van der Waals surface area contributed by atoms with Crippen molar-refractivity contribution in [2.24, 2.45) is 0 Å². The summed E-state index contributed by atoms with van der Waals surface area (Å²) in [5.41, 5.74) is -0.559. The smallest absolute Gasteiger partial charge is 0.282 e. The molecular weight excluding hydrogens is 289 g/mol. The standard InChI is InChI=1S/C12H14FN3O3.ClH/c1-8-7-15(5-4-14-8)12(17)10-6-9(13)2-3-11(10)16(18)19;/h2-3,6,8,14H,4-5,7H2,1H3;1H/t8-;/m0./s1. The van der Waals surface area contributed by atoms with E-state index in [9.17, 15) is 19.3 Å². The third kappa shape index (κ3) is 3.43. The number of hydrogen-bond donors (Lipinski definition) is 1. The van der Waals surface area contributed by atoms with Crippen molar-refractivity contribution in [3.63, 3.8) is 0 Å². The van der Waals surface area contributed by atoms with Crippen molar-refractivity contribution >= 4 is 24.0 Å². The molecule has 1 aromatic carbocycles. The van der Waals surface area contributed by atoms with Crippen LogP contribution in [-0.2, 0) is 0 Å². The molecule has 2 rings (SSSR count). The summed E-state index contributed by atoms with van der Waals surface area (Å²) in [7, 11) is 0. The van der Waals surface area contributed by atoms with E-state index in [1.54, 1.807) is 0 Å². The Balaban J connectivity index is 0.00000200. The molecule has 0 saturated carbocycles. The molecule has 0 aliphatic carbocycles. The van der Waals surface area contributed by atoms with Gasteiger partial charge in [-0.25, -0.2) is 4.39 Å². The van der Waals surface area contributed by atoms with Gasteiger partial charge in [0.2, 0.25) is 0 Å². The van der Waals surface area contributed by atoms with E-state index in [4.69, 9.17) is 0 Å². The maximum absolute atomic E-state index is 13.2. The van der Waals surface area contributed by atoms with Crippen LogP contribution in [0.1, 0.15) is 17.3 Å². The molecule has 0 aromatic heterocycles. The van der Waals surface area contributed by atoms with Gasteiger partial charge in [-0.3, -0.25) is 14.9 Å². The molecule has 0 bridgehead atoms. The largest absolute Gasteiger partial charge is 0.336 e. The van der Waals surface area contributed by atoms with Crippen molar-refractivity contribution in [1.29, 1.82) is 0 Å². The van der Waals surface area contributed by atoms with Crippen molar-refractivity contribution in [2.45, 2.75) is 13.0 Å². The van der Waals surface area contributed by atoms with Gasteiger partial charge in [-0.2, -0.15) is 0 Å². The predicted molar refractivity (Wildman–Crippen MR) is 73.7 cm³/mol. The number of piperazine rings is 1. The number of nitrogens with zero attached hydrogens (tertiary/aromatic N) is 2. The molecule has 1 aliphatic rings. The van der Waals surface area contributed by atoms with Crippen LogP contribution in [0.5, 0.6) is 0 Å². The highest BCUT2D eigenvalue weighted by Gasteiger charge is 2.27. The van der Waals surface area contributed by atoms with Crippen LogP contribution in [-0.4, -0.2) is 41.4 Å². The van der Waals surface area contributed by atoms with E-state index in [1.165, 1.54) is 4.90 Å². The Morgan fingerprint density at radius 1 is 1.55 bits per heavy atom. The van der Waals surface area contributed by atoms with E-state index in [0.29, 0.717) is 19.6 Å². The third-order valence-electron chi connectivity index (χ3n) is 3.04. The first-order valence-corrected chi connectivity index (χ1v) is 5.95. The summed E-state index contributed by atoms with van der Waals surface area (Å²) in [4.78, 5) is 24.0. The molecule has 20 heavy (non-hydrogen) atoms. The zero-order valence-corrected chi connectivity index (χ0v) is 11.7. The van der Waals surface area contributed by atoms with Gasteiger partial charge in [-0.1, -0.05) is 0 Å². The molecule has 1 fully saturated rings. The quantitative estimate of drug-likeness (QED) is 0.665. The van der Waals surface area contributed by atoms with Crippen molar-refractivity contribution in [1.82, 2.24) is 10.2 Å². The van der Waals surface area contributed by atoms with Crippen molar-refractivity contribution in [3.8, 4) is 0 Å². The lowest BCUT2D eigenvalue weighted by atomic mass is 10.1. The Hall–Kier alpha value is -1.73. The molecule has 1 atom stereocenters. The molecule has 8 heteroatoms. The summed E-state index contributed by atoms with van der Waals surface area (Å²) in [5.74, 6) is -1.16. The van der Waals surface area contributed by atoms with Crippen molar-refractivity contribution in [3.05, 3.63) is 39.7 Å². The number of carbonyl (C=O) groups is 1. The summed E-state index contributed by atoms with van der Waals surface area (Å²) < 4.78 is 13.2. The van der Waals surface area contributed by atoms with Crippen LogP contribution in [0.25, 0.3) is 0 Å². The minimum atomic E-state index is -0.668. The Bertz CT molecular complexity index is 527. The second kappa shape index (κ2) is 6.62. The summed E-state index contributed by atoms with van der Waals surface area (Å²) in [6.45, 7) is 3.44. The first-order valence-electron chi connectivity index (χ1n) is 5.95. The molecule has 1 N–H and O–H groups in total. The Morgan fingerprint density at radius 3 is 2.85 bits per heavy atom. The second-order valence-corrected chi connectivity index (χ2v) is 4.52. The zero-order chi connectivity index (χ0) is 14.0. The van der Waals surface area contributed by atoms with Crippen LogP contribution in [0, 0.1) is 15.9 Å². The predicted octanol–water partition coefficient (Wildman–Crippen LogP) is 1.59. The lowest BCUT2D eigenvalue weighted by Crippen LogP contribution is -2.51. The second-order valence-electron chi connectivity index (χ2n) is 4.52. The van der Waals surface area contributed by atoms with Gasteiger partial charge in [0.05, 0.1) is 4.92 Å². The van der Waals surface area contributed by atoms with Gasteiger partial charge in [-0.05, 0) is 19.1 Å². The van der Waals surface area contributed by atoms with Crippen molar-refractivity contribution in [2.75, 3.05) is 19.6 Å². The summed E-state index contributed by atoms with van der Waals surface area (Å²) in [6, 6.07) is 3.04. The minimum Gasteiger partial charge on any atom is -0.336 e. The molecule has 1 aliphatic heterocycles. The maximum Gasteiger partial charge on any atom is 0.282 e. The van der Waals surface area contributed by atoms with E-state index < -0.39 is 16.6 Å². The lowest BCUT2D eigenvalue weighted by Gasteiger charge is -2.31. The number of benzene rings is 1. The van der Waals surface area contributed by atoms with E-state index in [1.807, 2.05) is 6.92 Å². The normalized spacial score (nSPS) is 18.3. The van der Waals surface area contributed by atoms with Gasteiger partial charge in [0, 0.05) is 31.7 Å². The molecule has 1 aromatic rings. The number of halogens is 2. The number of rotatable bonds is 2. The zero-order valence-electron chi connectivity index (χ0n) is 10.8. The highest BCUT2D eigenvalue weighted by atomic mass is 35.5. The highest BCUT2D eigenvalue weighted by Crippen LogP contribution is 2.21. The Kier molecular flexibility index (Phi) is 5.41. The van der Waals surface area contributed by atoms with Crippen LogP contribution >= 0.6 is 12.4 Å². The maximum atomic E-state index is 13.2. The molecule has 0 unspecified atom stereocenters. The molecule has 0 spiro atoms. The van der Waals surface area contributed by atoms with Gasteiger partial charge < -0.3 is 10.2 Å². The number of nitro benzene ring substituents is 1. The fraction of sp³-hybridized carbons (Fsp3) is 0.417. The summed E-state index contributed by atoms with van der Waals surface area (Å²) in [6.07, 6.45) is 0. The fourth-order valence-electron chi connectivity index (χ4n) is 2.13. The van der Waals surface area contributed by atoms with Gasteiger partial charge in [-0.15, -0.1) is 12.4 Å². The summed E-state index contributed by atoms with van der Waals surface area (Å²) >= 11 is 0. The molecular formula is C12H15ClFN3O3. The van der Waals surface area contributed by atoms with Crippen LogP contribution in [0.2, 0.25) is 0 Å². The number of hydrogen-bond acceptors (Lipinski definition) is 4. The minimum absolute atomic E-state index is 0. The van der Waals surface area contributed by atoms with E-state index in [-0.39, 0.29) is 29.7 Å². The van der Waals surface area contributed by atoms with Crippen molar-refractivity contribution < 1.29 is 14.1 Å². The number of nitrogens with one attached hydrogen (secondary N) is 1. The Labute approximate surface area is 121 Å². The molecule has 0 radical (unpaired) electrons. The van der Waals surface area contributed by atoms with E-state index in [2.05, 4.69) is 5.32 Å². The lowest BCUT2D eigenvalue weighted by molar-refractivity contribution is -0.385. The molecule has 1 saturated heterocycles. The van der Waals surface area contributed by atoms with Crippen LogP contribution < -0.4 is 5.32 Å². The van der Waals surface area contributed by atoms with E-state index in [0.717, 1.165) is 18.2 Å². The van der Waals surface area contributed by atoms with Gasteiger partial charge >= 0.3 is 0 Å². The topological polar surface area (TPSA) is 75.5 Å². The molecule has 6 nitrogen and oxygen atoms in total. The average molecular weight is 304 g/mol. The van der Waals surface area contributed by atoms with Gasteiger partial charge in [0.25, 0.3) is 11.6 Å². The SMILES string of the molecule is C[C@H]1CN(C(=O)c2cc(F)ccc2[N+](=O)[O-])CCN1.Cl. The third-order valence-corrected chi connectivity index (χ3v) is 3.04. The highest BCUT2D eigenvalue weighted by molar-refractivity contribution is 5.98. The molecule has 110 valence electrons. The molecule has 1 heterocycles. The van der Waals surface area contributed by atoms with Crippen LogP contribution in [0.3, 0.4) is 0 Å². The summed E-state index contributed by atoms with van der Waals surface area (Å²) in [5, 5.41) is 14.0. The van der Waals surface area contributed by atoms with Gasteiger partial charge in [0.15, 0.2) is 0 Å². The first kappa shape index (κ1) is 16.3. The number of nitro groups is 1. The number of amides is 1. The van der Waals surface area contributed by atoms with Gasteiger partial charge in [0.1, 0.15) is 11.4 Å². The van der Waals surface area contributed by atoms with Crippen LogP contribution in [0.15, 0.2) is 18.2 Å². The first-order chi connectivity index (χ1) is 8.99. The van der Waals surface area contributed by atoms with E-state index >= 15 is 0 Å². The molecule has 1 amide bonds.